The molecule has 0 amide bonds. The van der Waals surface area contributed by atoms with Crippen LogP contribution < -0.4 is 16.0 Å². The van der Waals surface area contributed by atoms with Crippen LogP contribution in [0.25, 0.3) is 22.4 Å². The van der Waals surface area contributed by atoms with Crippen LogP contribution in [0.1, 0.15) is 0 Å². The van der Waals surface area contributed by atoms with E-state index in [0.717, 1.165) is 15.9 Å². The van der Waals surface area contributed by atoms with E-state index < -0.39 is 11.2 Å². The second kappa shape index (κ2) is 6.11. The third-order valence-corrected chi connectivity index (χ3v) is 3.74. The molecule has 7 nitrogen and oxygen atoms in total. The molecule has 2 heterocycles. The van der Waals surface area contributed by atoms with Crippen molar-refractivity contribution < 1.29 is 4.74 Å². The van der Waals surface area contributed by atoms with Crippen LogP contribution in [0.5, 0.6) is 5.75 Å². The van der Waals surface area contributed by atoms with Crippen LogP contribution in [0, 0.1) is 0 Å². The summed E-state index contributed by atoms with van der Waals surface area (Å²) in [6, 6.07) is 7.22. The van der Waals surface area contributed by atoms with Gasteiger partial charge < -0.3 is 4.74 Å². The van der Waals surface area contributed by atoms with Crippen molar-refractivity contribution in [1.82, 2.24) is 19.1 Å². The lowest BCUT2D eigenvalue weighted by molar-refractivity contribution is 0.415. The molecule has 0 radical (unpaired) electrons. The summed E-state index contributed by atoms with van der Waals surface area (Å²) in [7, 11) is 3.17. The van der Waals surface area contributed by atoms with Crippen molar-refractivity contribution in [3.63, 3.8) is 0 Å². The largest absolute Gasteiger partial charge is 0.497 e. The highest BCUT2D eigenvalue weighted by Gasteiger charge is 2.13. The zero-order chi connectivity index (χ0) is 17.3. The van der Waals surface area contributed by atoms with E-state index in [-0.39, 0.29) is 11.9 Å². The summed E-state index contributed by atoms with van der Waals surface area (Å²) in [6.07, 6.45) is 2.95. The number of fused-ring (bicyclic) bond motifs is 1. The van der Waals surface area contributed by atoms with Gasteiger partial charge in [-0.25, -0.2) is 14.8 Å². The molecular weight excluding hydrogens is 308 g/mol. The Hall–Kier alpha value is -3.22. The van der Waals surface area contributed by atoms with Crippen LogP contribution in [0.15, 0.2) is 52.7 Å². The molecule has 2 aromatic heterocycles. The maximum absolute atomic E-state index is 12.4. The summed E-state index contributed by atoms with van der Waals surface area (Å²) >= 11 is 0. The van der Waals surface area contributed by atoms with Crippen LogP contribution in [0.4, 0.5) is 0 Å². The minimum absolute atomic E-state index is 0.141. The van der Waals surface area contributed by atoms with Gasteiger partial charge in [-0.1, -0.05) is 6.08 Å². The lowest BCUT2D eigenvalue weighted by Gasteiger charge is -2.09. The van der Waals surface area contributed by atoms with Crippen molar-refractivity contribution in [3.8, 4) is 17.1 Å². The predicted octanol–water partition coefficient (Wildman–Crippen LogP) is 1.35. The number of hydrogen-bond donors (Lipinski definition) is 0. The highest BCUT2D eigenvalue weighted by Crippen LogP contribution is 2.19. The molecule has 0 saturated heterocycles. The fourth-order valence-corrected chi connectivity index (χ4v) is 2.45. The molecule has 0 unspecified atom stereocenters. The SMILES string of the molecule is C=CCn1c(=O)c2cnc(-c3ccc(OC)cc3)nc2n(C)c1=O. The Kier molecular flexibility index (Phi) is 3.99. The van der Waals surface area contributed by atoms with E-state index >= 15 is 0 Å². The number of nitrogens with zero attached hydrogens (tertiary/aromatic N) is 4. The van der Waals surface area contributed by atoms with Crippen LogP contribution in [0.3, 0.4) is 0 Å². The first-order valence-electron chi connectivity index (χ1n) is 7.28. The first-order chi connectivity index (χ1) is 11.6. The van der Waals surface area contributed by atoms with E-state index in [9.17, 15) is 9.59 Å². The van der Waals surface area contributed by atoms with Crippen LogP contribution >= 0.6 is 0 Å². The van der Waals surface area contributed by atoms with Crippen molar-refractivity contribution in [2.24, 2.45) is 7.05 Å². The van der Waals surface area contributed by atoms with Gasteiger partial charge in [0.05, 0.1) is 7.11 Å². The number of aromatic nitrogens is 4. The van der Waals surface area contributed by atoms with Gasteiger partial charge >= 0.3 is 5.69 Å². The lowest BCUT2D eigenvalue weighted by Crippen LogP contribution is -2.39. The van der Waals surface area contributed by atoms with E-state index in [0.29, 0.717) is 11.5 Å². The Morgan fingerprint density at radius 3 is 2.58 bits per heavy atom. The van der Waals surface area contributed by atoms with Gasteiger partial charge in [0.2, 0.25) is 0 Å². The van der Waals surface area contributed by atoms with Gasteiger partial charge in [-0.15, -0.1) is 6.58 Å². The van der Waals surface area contributed by atoms with Crippen LogP contribution in [0.2, 0.25) is 0 Å². The Labute approximate surface area is 137 Å². The summed E-state index contributed by atoms with van der Waals surface area (Å²) in [5.41, 5.74) is 0.201. The summed E-state index contributed by atoms with van der Waals surface area (Å²) in [6.45, 7) is 3.71. The van der Waals surface area contributed by atoms with Gasteiger partial charge in [-0.3, -0.25) is 13.9 Å². The Bertz CT molecular complexity index is 1030. The highest BCUT2D eigenvalue weighted by molar-refractivity contribution is 5.75. The maximum atomic E-state index is 12.4. The number of rotatable bonds is 4. The van der Waals surface area contributed by atoms with E-state index in [1.54, 1.807) is 26.3 Å². The van der Waals surface area contributed by atoms with Crippen LogP contribution in [-0.4, -0.2) is 26.2 Å². The van der Waals surface area contributed by atoms with E-state index in [1.165, 1.54) is 16.8 Å². The monoisotopic (exact) mass is 324 g/mol. The fourth-order valence-electron chi connectivity index (χ4n) is 2.45. The first kappa shape index (κ1) is 15.7. The molecule has 122 valence electrons. The third kappa shape index (κ3) is 2.50. The van der Waals surface area contributed by atoms with Crippen molar-refractivity contribution in [2.45, 2.75) is 6.54 Å². The summed E-state index contributed by atoms with van der Waals surface area (Å²) in [5.74, 6) is 1.15. The van der Waals surface area contributed by atoms with Crippen molar-refractivity contribution in [2.75, 3.05) is 7.11 Å². The molecule has 7 heteroatoms. The lowest BCUT2D eigenvalue weighted by atomic mass is 10.2. The molecule has 0 fully saturated rings. The topological polar surface area (TPSA) is 79.0 Å². The summed E-state index contributed by atoms with van der Waals surface area (Å²) in [5, 5.41) is 0.288. The highest BCUT2D eigenvalue weighted by atomic mass is 16.5. The van der Waals surface area contributed by atoms with Crippen molar-refractivity contribution in [3.05, 3.63) is 64.0 Å². The number of benzene rings is 1. The molecule has 0 atom stereocenters. The molecule has 0 aliphatic rings. The molecule has 0 aliphatic heterocycles. The molecule has 0 N–H and O–H groups in total. The summed E-state index contributed by atoms with van der Waals surface area (Å²) < 4.78 is 7.57. The fraction of sp³-hybridized carbons (Fsp3) is 0.176. The van der Waals surface area contributed by atoms with E-state index in [4.69, 9.17) is 4.74 Å². The molecule has 24 heavy (non-hydrogen) atoms. The molecule has 3 aromatic rings. The summed E-state index contributed by atoms with van der Waals surface area (Å²) in [4.78, 5) is 33.4. The van der Waals surface area contributed by atoms with Gasteiger partial charge in [0.1, 0.15) is 11.1 Å². The number of allylic oxidation sites excluding steroid dienone is 1. The van der Waals surface area contributed by atoms with Gasteiger partial charge in [0.15, 0.2) is 11.5 Å². The standard InChI is InChI=1S/C17H16N4O3/c1-4-9-21-16(22)13-10-18-14(19-15(13)20(2)17(21)23)11-5-7-12(24-3)8-6-11/h4-8,10H,1,9H2,2-3H3. The minimum Gasteiger partial charge on any atom is -0.497 e. The van der Waals surface area contributed by atoms with Gasteiger partial charge in [0.25, 0.3) is 5.56 Å². The van der Waals surface area contributed by atoms with Gasteiger partial charge in [0, 0.05) is 25.4 Å². The average Bonchev–Trinajstić information content (AvgIpc) is 2.63. The van der Waals surface area contributed by atoms with Gasteiger partial charge in [-0.05, 0) is 24.3 Å². The van der Waals surface area contributed by atoms with Crippen molar-refractivity contribution >= 4 is 11.0 Å². The molecule has 3 rings (SSSR count). The van der Waals surface area contributed by atoms with Gasteiger partial charge in [-0.2, -0.15) is 0 Å². The number of aryl methyl sites for hydroxylation is 1. The first-order valence-corrected chi connectivity index (χ1v) is 7.28. The predicted molar refractivity (Wildman–Crippen MR) is 91.2 cm³/mol. The molecule has 0 bridgehead atoms. The number of hydrogen-bond acceptors (Lipinski definition) is 5. The molecular formula is C17H16N4O3. The maximum Gasteiger partial charge on any atom is 0.332 e. The third-order valence-electron chi connectivity index (χ3n) is 3.74. The zero-order valence-electron chi connectivity index (χ0n) is 13.4. The number of ether oxygens (including phenoxy) is 1. The zero-order valence-corrected chi connectivity index (χ0v) is 13.4. The Balaban J connectivity index is 2.23. The van der Waals surface area contributed by atoms with E-state index in [1.807, 2.05) is 12.1 Å². The average molecular weight is 324 g/mol. The van der Waals surface area contributed by atoms with E-state index in [2.05, 4.69) is 16.5 Å². The molecule has 1 aromatic carbocycles. The molecule has 0 aliphatic carbocycles. The second-order valence-corrected chi connectivity index (χ2v) is 5.21. The number of methoxy groups -OCH3 is 1. The smallest absolute Gasteiger partial charge is 0.332 e. The quantitative estimate of drug-likeness (QED) is 0.677. The Morgan fingerprint density at radius 1 is 1.25 bits per heavy atom. The second-order valence-electron chi connectivity index (χ2n) is 5.21. The van der Waals surface area contributed by atoms with Crippen LogP contribution in [-0.2, 0) is 13.6 Å². The minimum atomic E-state index is -0.438. The Morgan fingerprint density at radius 2 is 1.96 bits per heavy atom. The van der Waals surface area contributed by atoms with Crippen molar-refractivity contribution in [1.29, 1.82) is 0 Å². The molecule has 0 spiro atoms. The normalized spacial score (nSPS) is 10.8. The molecule has 0 saturated carbocycles.